The van der Waals surface area contributed by atoms with Crippen LogP contribution in [0.4, 0.5) is 11.4 Å². The number of anilines is 2. The summed E-state index contributed by atoms with van der Waals surface area (Å²) in [6, 6.07) is 17.4. The second-order valence-corrected chi connectivity index (χ2v) is 7.86. The number of rotatable bonds is 4. The molecule has 7 nitrogen and oxygen atoms in total. The van der Waals surface area contributed by atoms with E-state index in [0.717, 1.165) is 18.4 Å². The highest BCUT2D eigenvalue weighted by Gasteiger charge is 2.30. The fraction of sp³-hybridized carbons (Fsp3) is 0.160. The van der Waals surface area contributed by atoms with Crippen LogP contribution in [0.5, 0.6) is 0 Å². The van der Waals surface area contributed by atoms with Gasteiger partial charge in [-0.05, 0) is 49.2 Å². The number of fused-ring (bicyclic) bond motifs is 1. The van der Waals surface area contributed by atoms with E-state index in [-0.39, 0.29) is 22.6 Å². The van der Waals surface area contributed by atoms with Crippen molar-refractivity contribution in [3.8, 4) is 18.0 Å². The van der Waals surface area contributed by atoms with Gasteiger partial charge in [0.25, 0.3) is 11.1 Å². The highest BCUT2D eigenvalue weighted by molar-refractivity contribution is 5.91. The summed E-state index contributed by atoms with van der Waals surface area (Å²) in [7, 11) is 1.57. The molecule has 1 aliphatic rings. The molecule has 0 aliphatic heterocycles. The van der Waals surface area contributed by atoms with Crippen LogP contribution in [0.1, 0.15) is 24.4 Å². The van der Waals surface area contributed by atoms with Crippen molar-refractivity contribution < 1.29 is 0 Å². The molecule has 0 bridgehead atoms. The molecule has 0 spiro atoms. The van der Waals surface area contributed by atoms with E-state index in [0.29, 0.717) is 17.1 Å². The second-order valence-electron chi connectivity index (χ2n) is 7.86. The number of aromatic nitrogens is 3. The lowest BCUT2D eigenvalue weighted by molar-refractivity contribution is 0.637. The lowest BCUT2D eigenvalue weighted by Crippen LogP contribution is -2.41. The summed E-state index contributed by atoms with van der Waals surface area (Å²) in [5, 5.41) is 3.46. The van der Waals surface area contributed by atoms with Crippen molar-refractivity contribution >= 4 is 22.4 Å². The van der Waals surface area contributed by atoms with Crippen LogP contribution < -0.4 is 22.1 Å². The van der Waals surface area contributed by atoms with Crippen molar-refractivity contribution in [1.82, 2.24) is 13.7 Å². The van der Waals surface area contributed by atoms with Crippen molar-refractivity contribution in [3.05, 3.63) is 97.4 Å². The van der Waals surface area contributed by atoms with Gasteiger partial charge in [0.2, 0.25) is 0 Å². The third kappa shape index (κ3) is 3.13. The van der Waals surface area contributed by atoms with E-state index >= 15 is 0 Å². The predicted molar refractivity (Wildman–Crippen MR) is 125 cm³/mol. The average Bonchev–Trinajstić information content (AvgIpc) is 3.63. The first kappa shape index (κ1) is 19.6. The van der Waals surface area contributed by atoms with Crippen molar-refractivity contribution in [2.24, 2.45) is 7.05 Å². The summed E-state index contributed by atoms with van der Waals surface area (Å²) in [4.78, 5) is 39.9. The summed E-state index contributed by atoms with van der Waals surface area (Å²) in [5.74, 6) is 2.56. The van der Waals surface area contributed by atoms with Crippen LogP contribution in [0.2, 0.25) is 0 Å². The summed E-state index contributed by atoms with van der Waals surface area (Å²) >= 11 is 0. The van der Waals surface area contributed by atoms with Crippen molar-refractivity contribution in [1.29, 1.82) is 0 Å². The predicted octanol–water partition coefficient (Wildman–Crippen LogP) is 2.91. The van der Waals surface area contributed by atoms with E-state index in [2.05, 4.69) is 11.2 Å². The monoisotopic (exact) mass is 424 g/mol. The van der Waals surface area contributed by atoms with Gasteiger partial charge < -0.3 is 5.32 Å². The zero-order valence-electron chi connectivity index (χ0n) is 17.4. The first-order chi connectivity index (χ1) is 15.5. The van der Waals surface area contributed by atoms with Crippen LogP contribution in [0, 0.1) is 12.3 Å². The first-order valence-corrected chi connectivity index (χ1v) is 10.3. The number of para-hydroxylation sites is 1. The van der Waals surface area contributed by atoms with Gasteiger partial charge in [-0.2, -0.15) is 0 Å². The fourth-order valence-corrected chi connectivity index (χ4v) is 3.93. The Kier molecular flexibility index (Phi) is 4.56. The van der Waals surface area contributed by atoms with Crippen molar-refractivity contribution in [3.63, 3.8) is 0 Å². The van der Waals surface area contributed by atoms with Gasteiger partial charge in [0.1, 0.15) is 11.0 Å². The van der Waals surface area contributed by atoms with Crippen LogP contribution in [0.3, 0.4) is 0 Å². The molecule has 7 heteroatoms. The fourth-order valence-electron chi connectivity index (χ4n) is 3.93. The molecule has 2 aromatic heterocycles. The molecule has 0 amide bonds. The minimum atomic E-state index is -0.443. The number of pyridine rings is 1. The zero-order chi connectivity index (χ0) is 22.4. The molecule has 2 aromatic carbocycles. The van der Waals surface area contributed by atoms with Gasteiger partial charge in [-0.3, -0.25) is 18.7 Å². The Hall–Kier alpha value is -4.31. The maximum Gasteiger partial charge on any atom is 0.337 e. The number of nitrogens with one attached hydrogen (secondary N) is 1. The number of hydrogen-bond acceptors (Lipinski definition) is 4. The molecule has 5 rings (SSSR count). The minimum Gasteiger partial charge on any atom is -0.355 e. The molecular formula is C25H20N4O3. The Bertz CT molecular complexity index is 1570. The molecule has 0 unspecified atom stereocenters. The largest absolute Gasteiger partial charge is 0.355 e. The molecule has 1 N–H and O–H groups in total. The Morgan fingerprint density at radius 1 is 1.00 bits per heavy atom. The SMILES string of the molecule is C#Cc1ccc(Nc2cc(=O)n(C)c3c2c(=O)n(C2CC2)c(=O)n3-c2ccccc2)cc1. The molecule has 4 aromatic rings. The zero-order valence-corrected chi connectivity index (χ0v) is 17.4. The van der Waals surface area contributed by atoms with E-state index in [9.17, 15) is 14.4 Å². The van der Waals surface area contributed by atoms with E-state index in [1.807, 2.05) is 18.2 Å². The Morgan fingerprint density at radius 2 is 1.69 bits per heavy atom. The average molecular weight is 424 g/mol. The highest BCUT2D eigenvalue weighted by atomic mass is 16.2. The molecule has 0 radical (unpaired) electrons. The van der Waals surface area contributed by atoms with Gasteiger partial charge in [-0.25, -0.2) is 9.36 Å². The molecular weight excluding hydrogens is 404 g/mol. The molecule has 1 saturated carbocycles. The number of hydrogen-bond donors (Lipinski definition) is 1. The van der Waals surface area contributed by atoms with Gasteiger partial charge in [0.15, 0.2) is 0 Å². The smallest absolute Gasteiger partial charge is 0.337 e. The molecule has 158 valence electrons. The van der Waals surface area contributed by atoms with Gasteiger partial charge in [-0.1, -0.05) is 24.1 Å². The molecule has 2 heterocycles. The third-order valence-corrected chi connectivity index (χ3v) is 5.71. The number of nitrogens with zero attached hydrogens (tertiary/aromatic N) is 3. The van der Waals surface area contributed by atoms with E-state index in [4.69, 9.17) is 6.42 Å². The lowest BCUT2D eigenvalue weighted by Gasteiger charge is -2.18. The number of aryl methyl sites for hydroxylation is 1. The summed E-state index contributed by atoms with van der Waals surface area (Å²) in [6.45, 7) is 0. The summed E-state index contributed by atoms with van der Waals surface area (Å²) in [6.07, 6.45) is 6.98. The number of terminal acetylenes is 1. The maximum atomic E-state index is 13.6. The van der Waals surface area contributed by atoms with E-state index in [1.54, 1.807) is 43.4 Å². The van der Waals surface area contributed by atoms with Crippen LogP contribution in [-0.2, 0) is 7.05 Å². The molecule has 1 aliphatic carbocycles. The summed E-state index contributed by atoms with van der Waals surface area (Å²) in [5.41, 5.74) is 1.39. The Labute approximate surface area is 183 Å². The van der Waals surface area contributed by atoms with E-state index in [1.165, 1.54) is 19.8 Å². The van der Waals surface area contributed by atoms with Crippen LogP contribution in [0.15, 0.2) is 75.0 Å². The lowest BCUT2D eigenvalue weighted by atomic mass is 10.2. The topological polar surface area (TPSA) is 78.0 Å². The standard InChI is InChI=1S/C25H20N4O3/c1-3-16-9-11-17(12-10-16)26-20-15-21(30)27(2)23-22(20)24(31)29(19-13-14-19)25(32)28(23)18-7-5-4-6-8-18/h1,4-12,15,19,26H,13-14H2,2H3. The van der Waals surface area contributed by atoms with Gasteiger partial charge in [-0.15, -0.1) is 6.42 Å². The third-order valence-electron chi connectivity index (χ3n) is 5.71. The molecule has 0 saturated heterocycles. The normalized spacial score (nSPS) is 13.1. The molecule has 0 atom stereocenters. The van der Waals surface area contributed by atoms with Gasteiger partial charge >= 0.3 is 5.69 Å². The molecule has 32 heavy (non-hydrogen) atoms. The van der Waals surface area contributed by atoms with Gasteiger partial charge in [0.05, 0.1) is 11.4 Å². The van der Waals surface area contributed by atoms with Gasteiger partial charge in [0, 0.05) is 30.4 Å². The number of benzene rings is 2. The molecule has 1 fully saturated rings. The maximum absolute atomic E-state index is 13.6. The Morgan fingerprint density at radius 3 is 2.31 bits per heavy atom. The minimum absolute atomic E-state index is 0.130. The second kappa shape index (κ2) is 7.43. The van der Waals surface area contributed by atoms with Crippen molar-refractivity contribution in [2.75, 3.05) is 5.32 Å². The first-order valence-electron chi connectivity index (χ1n) is 10.3. The highest BCUT2D eigenvalue weighted by Crippen LogP contribution is 2.33. The van der Waals surface area contributed by atoms with E-state index < -0.39 is 11.2 Å². The summed E-state index contributed by atoms with van der Waals surface area (Å²) < 4.78 is 4.10. The van der Waals surface area contributed by atoms with Crippen LogP contribution in [0.25, 0.3) is 16.7 Å². The van der Waals surface area contributed by atoms with Crippen LogP contribution >= 0.6 is 0 Å². The quantitative estimate of drug-likeness (QED) is 0.511. The van der Waals surface area contributed by atoms with Crippen LogP contribution in [-0.4, -0.2) is 13.7 Å². The Balaban J connectivity index is 1.87. The van der Waals surface area contributed by atoms with Crippen molar-refractivity contribution in [2.45, 2.75) is 18.9 Å².